The Labute approximate surface area is 886 Å². The monoisotopic (exact) mass is 2160 g/mol. The minimum atomic E-state index is -1.20. The number of carboxylic acids is 1. The molecule has 0 radical (unpaired) electrons. The number of hydrogen-bond acceptors (Lipinski definition) is 33. The molecule has 10 N–H and O–H groups in total. The first-order chi connectivity index (χ1) is 71.0. The lowest BCUT2D eigenvalue weighted by molar-refractivity contribution is -0.145. The van der Waals surface area contributed by atoms with Crippen molar-refractivity contribution in [3.63, 3.8) is 0 Å². The molecule has 6 aliphatic rings. The second-order valence-electron chi connectivity index (χ2n) is 36.4. The van der Waals surface area contributed by atoms with Gasteiger partial charge in [-0.1, -0.05) is 36.4 Å². The molecule has 1 saturated carbocycles. The smallest absolute Gasteiger partial charge is 0.413 e. The summed E-state index contributed by atoms with van der Waals surface area (Å²) in [5.74, 6) is -3.31. The lowest BCUT2D eigenvalue weighted by Crippen LogP contribution is -2.55. The highest BCUT2D eigenvalue weighted by molar-refractivity contribution is 7.80. The molecule has 1 aliphatic carbocycles. The van der Waals surface area contributed by atoms with Crippen molar-refractivity contribution < 1.29 is 105 Å². The van der Waals surface area contributed by atoms with Gasteiger partial charge in [0.1, 0.15) is 26.2 Å². The predicted octanol–water partition coefficient (Wildman–Crippen LogP) is 15.9. The summed E-state index contributed by atoms with van der Waals surface area (Å²) in [6.45, 7) is 18.0. The molecule has 45 heteroatoms. The minimum Gasteiger partial charge on any atom is -0.480 e. The summed E-state index contributed by atoms with van der Waals surface area (Å²) < 4.78 is 40.6. The topological polar surface area (TPSA) is 496 Å². The molecule has 38 nitrogen and oxygen atoms in total. The number of methoxy groups -OCH3 is 3. The van der Waals surface area contributed by atoms with Crippen LogP contribution in [0.25, 0.3) is 60.5 Å². The van der Waals surface area contributed by atoms with Gasteiger partial charge in [0.05, 0.1) is 114 Å². The predicted molar refractivity (Wildman–Crippen MR) is 577 cm³/mol. The minimum absolute atomic E-state index is 0.00999. The van der Waals surface area contributed by atoms with Crippen molar-refractivity contribution in [2.75, 3.05) is 80.5 Å². The number of carbonyl (C=O) groups excluding carboxylic acids is 13. The van der Waals surface area contributed by atoms with E-state index in [4.69, 9.17) is 51.7 Å². The zero-order valence-corrected chi connectivity index (χ0v) is 89.7. The number of fused-ring (bicyclic) bond motifs is 7. The lowest BCUT2D eigenvalue weighted by atomic mass is 9.87. The number of aliphatic carboxylic acids is 1. The fraction of sp³-hybridized carbons (Fsp3) is 0.356. The van der Waals surface area contributed by atoms with E-state index in [2.05, 4.69) is 85.9 Å². The maximum atomic E-state index is 13.1. The van der Waals surface area contributed by atoms with Gasteiger partial charge in [-0.3, -0.25) is 94.1 Å². The SMILES string of the molecule is CCOC(=O)NC(=S)N[C@@](C)(CC(=O)OC)c1ccc2sccc2c1.CCOC(=O)NC1=N[C@](C)(c2ccc3sccc3c2)CC(=O)N1CC(=O)NCC1CC1.CCOC(=O)NC1=N[C@](C)(c2ccc3sccc3c2)CC(=O)N1CC(=O)O.CCOC(=O)NC1=N[C@](C)(c2ccc3sccc3c2)CC(=O)N1CC(=O)OC.COC(=O)C[C@](C)(N)c1ccc2sccc2c1.C[C@@]1(c2ccc3sccc3c2)CC(=O)N2CC(=O)NC2=N1. The van der Waals surface area contributed by atoms with Gasteiger partial charge in [-0.2, -0.15) is 0 Å². The number of nitrogens with one attached hydrogen (secondary N) is 7. The first-order valence-corrected chi connectivity index (χ1v) is 53.0. The fourth-order valence-electron chi connectivity index (χ4n) is 16.7. The molecule has 2 fully saturated rings. The van der Waals surface area contributed by atoms with E-state index in [9.17, 15) is 67.1 Å². The second-order valence-corrected chi connectivity index (χ2v) is 42.5. The molecule has 12 aromatic rings. The summed E-state index contributed by atoms with van der Waals surface area (Å²) in [5, 5.41) is 46.2. The molecule has 18 rings (SSSR count). The summed E-state index contributed by atoms with van der Waals surface area (Å²) in [6, 6.07) is 48.0. The summed E-state index contributed by atoms with van der Waals surface area (Å²) in [6.07, 6.45) is -0.0319. The summed E-state index contributed by atoms with van der Waals surface area (Å²) in [7, 11) is 3.94. The van der Waals surface area contributed by atoms with Gasteiger partial charge in [0.2, 0.25) is 59.3 Å². The number of thiocarbonyl (C=S) groups is 1. The molecule has 6 aromatic heterocycles. The Morgan fingerprint density at radius 1 is 0.443 bits per heavy atom. The molecular formula is C104H114N16O22S7. The van der Waals surface area contributed by atoms with E-state index in [0.717, 1.165) is 107 Å². The van der Waals surface area contributed by atoms with Gasteiger partial charge in [0, 0.05) is 40.3 Å². The van der Waals surface area contributed by atoms with Gasteiger partial charge in [-0.05, 0) is 307 Å². The average molecular weight is 2160 g/mol. The number of hydrogen-bond donors (Lipinski definition) is 9. The molecule has 0 bridgehead atoms. The molecule has 6 aromatic carbocycles. The van der Waals surface area contributed by atoms with E-state index in [1.54, 1.807) is 103 Å². The van der Waals surface area contributed by atoms with Crippen LogP contribution in [0, 0.1) is 5.92 Å². The number of nitrogens with zero attached hydrogens (tertiary/aromatic N) is 8. The lowest BCUT2D eigenvalue weighted by Gasteiger charge is -2.36. The molecule has 0 spiro atoms. The molecule has 149 heavy (non-hydrogen) atoms. The van der Waals surface area contributed by atoms with E-state index in [0.29, 0.717) is 18.4 Å². The Hall–Kier alpha value is -14.6. The van der Waals surface area contributed by atoms with Crippen LogP contribution >= 0.6 is 80.2 Å². The van der Waals surface area contributed by atoms with Gasteiger partial charge in [-0.15, -0.1) is 68.0 Å². The van der Waals surface area contributed by atoms with Crippen LogP contribution in [-0.4, -0.2) is 218 Å². The first kappa shape index (κ1) is 112. The van der Waals surface area contributed by atoms with Crippen LogP contribution in [-0.2, 0) is 114 Å². The number of guanidine groups is 4. The van der Waals surface area contributed by atoms with Crippen LogP contribution in [0.15, 0.2) is 198 Å². The number of rotatable bonds is 23. The molecule has 11 heterocycles. The molecule has 5 aliphatic heterocycles. The Kier molecular flexibility index (Phi) is 36.7. The van der Waals surface area contributed by atoms with Crippen molar-refractivity contribution in [3.05, 3.63) is 211 Å². The van der Waals surface area contributed by atoms with E-state index in [1.807, 2.05) is 188 Å². The number of aliphatic imine (C=N–C) groups is 4. The normalized spacial score (nSPS) is 18.9. The zero-order chi connectivity index (χ0) is 107. The highest BCUT2D eigenvalue weighted by atomic mass is 32.1. The molecule has 6 atom stereocenters. The molecule has 0 unspecified atom stereocenters. The summed E-state index contributed by atoms with van der Waals surface area (Å²) in [4.78, 5) is 191. The fourth-order valence-corrected chi connectivity index (χ4v) is 21.6. The van der Waals surface area contributed by atoms with Crippen molar-refractivity contribution in [1.29, 1.82) is 0 Å². The van der Waals surface area contributed by atoms with Gasteiger partial charge in [0.25, 0.3) is 0 Å². The number of amides is 10. The van der Waals surface area contributed by atoms with Crippen LogP contribution in [0.4, 0.5) is 19.2 Å². The van der Waals surface area contributed by atoms with Gasteiger partial charge < -0.3 is 54.6 Å². The Morgan fingerprint density at radius 2 is 0.779 bits per heavy atom. The average Bonchev–Trinajstić information content (AvgIpc) is 1.75. The number of thiophene rings is 6. The molecular weight excluding hydrogens is 2050 g/mol. The van der Waals surface area contributed by atoms with Crippen molar-refractivity contribution in [2.24, 2.45) is 31.6 Å². The van der Waals surface area contributed by atoms with Crippen LogP contribution < -0.4 is 43.0 Å². The third-order valence-corrected chi connectivity index (χ3v) is 30.5. The number of ether oxygens (including phenoxy) is 7. The number of alkyl carbamates (subject to hydrolysis) is 4. The number of carbonyl (C=O) groups is 14. The Balaban J connectivity index is 0.000000150. The summed E-state index contributed by atoms with van der Waals surface area (Å²) >= 11 is 15.1. The van der Waals surface area contributed by atoms with E-state index < -0.39 is 82.0 Å². The van der Waals surface area contributed by atoms with Crippen LogP contribution in [0.3, 0.4) is 0 Å². The number of benzene rings is 6. The van der Waals surface area contributed by atoms with Crippen molar-refractivity contribution in [1.82, 2.24) is 56.8 Å². The first-order valence-electron chi connectivity index (χ1n) is 47.3. The maximum Gasteiger partial charge on any atom is 0.413 e. The van der Waals surface area contributed by atoms with Crippen molar-refractivity contribution in [3.8, 4) is 0 Å². The standard InChI is InChI=1S/C22H26N4O4S.C19H21N3O5S.C18H19N3O5S.C17H20N2O4S2.C15H13N3O2S.C13H15NO2S/c1-3-30-21(29)24-20-25-22(2,16-6-7-17-15(10-16)8-9-31-17)11-19(28)26(20)13-18(27)23-12-14-4-5-14;1-4-27-18(25)20-17-21-19(2,10-15(23)22(17)11-16(24)26-3)13-5-6-14-12(9-13)7-8-28-14;1-3-26-17(25)19-16-20-18(2,9-14(22)21(16)10-15(23)24)12-4-5-13-11(8-12)6-7-27-13;1-4-23-16(21)18-15(24)19-17(2,10-14(20)22-3)12-5-6-13-11(9-12)7-8-25-13;1-15(10-2-3-11-9(6-10)4-5-21-11)7-13(20)18-8-12(19)16-14(18)17-15;1-13(14,8-12(15)16-2)10-3-4-11-9(7-10)5-6-17-11/h6-10,14H,3-5,11-13H2,1-2H3,(H,23,27)(H,24,25,29);5-9H,4,10-11H2,1-3H3,(H,20,21,25);4-8H,3,9-10H2,1-2H3,(H,23,24)(H,19,20,25);5-9H,4,10H2,1-3H3,(H2,18,19,21,24);2-6H,7-8H2,1H3,(H,16,17,19);3-7H,8,14H2,1-2H3/t22-;19-;18-;17-;15-;13-/m000000/s1. The van der Waals surface area contributed by atoms with Crippen LogP contribution in [0.5, 0.6) is 0 Å². The highest BCUT2D eigenvalue weighted by Gasteiger charge is 2.46. The van der Waals surface area contributed by atoms with Crippen molar-refractivity contribution in [2.45, 2.75) is 154 Å². The maximum absolute atomic E-state index is 13.1. The summed E-state index contributed by atoms with van der Waals surface area (Å²) in [5.41, 5.74) is 6.63. The van der Waals surface area contributed by atoms with Crippen LogP contribution in [0.2, 0.25) is 0 Å². The van der Waals surface area contributed by atoms with E-state index >= 15 is 0 Å². The largest absolute Gasteiger partial charge is 0.480 e. The Bertz CT molecular complexity index is 7240. The van der Waals surface area contributed by atoms with E-state index in [1.165, 1.54) is 40.5 Å². The third-order valence-electron chi connectivity index (χ3n) is 24.9. The van der Waals surface area contributed by atoms with Gasteiger partial charge in [0.15, 0.2) is 5.11 Å². The number of esters is 3. The second kappa shape index (κ2) is 49.0. The quantitative estimate of drug-likeness (QED) is 0.0163. The van der Waals surface area contributed by atoms with Crippen LogP contribution in [0.1, 0.15) is 154 Å². The molecule has 784 valence electrons. The molecule has 1 saturated heterocycles. The van der Waals surface area contributed by atoms with Crippen molar-refractivity contribution >= 4 is 253 Å². The third kappa shape index (κ3) is 28.5. The van der Waals surface area contributed by atoms with Gasteiger partial charge >= 0.3 is 48.3 Å². The highest BCUT2D eigenvalue weighted by Crippen LogP contribution is 2.43. The zero-order valence-electron chi connectivity index (χ0n) is 84.0. The van der Waals surface area contributed by atoms with Gasteiger partial charge in [-0.25, -0.2) is 39.1 Å². The van der Waals surface area contributed by atoms with E-state index in [-0.39, 0.29) is 149 Å². The number of nitrogens with two attached hydrogens (primary N) is 1. The number of carboxylic acid groups (broad SMARTS) is 1. The Morgan fingerprint density at radius 3 is 1.15 bits per heavy atom. The molecule has 10 amide bonds.